The first-order valence-corrected chi connectivity index (χ1v) is 7.89. The number of hydrogen-bond donors (Lipinski definition) is 1. The summed E-state index contributed by atoms with van der Waals surface area (Å²) in [5, 5.41) is 8.67. The molecule has 102 valence electrons. The minimum Gasteiger partial charge on any atom is -0.384 e. The maximum Gasteiger partial charge on any atom is 0.214 e. The Bertz CT molecular complexity index is 599. The van der Waals surface area contributed by atoms with E-state index in [1.807, 2.05) is 24.3 Å². The van der Waals surface area contributed by atoms with Gasteiger partial charge in [-0.3, -0.25) is 0 Å². The third-order valence-electron chi connectivity index (χ3n) is 3.05. The van der Waals surface area contributed by atoms with Crippen molar-refractivity contribution in [3.63, 3.8) is 0 Å². The lowest BCUT2D eigenvalue weighted by molar-refractivity contribution is 0.350. The van der Waals surface area contributed by atoms with Crippen LogP contribution in [0.15, 0.2) is 24.3 Å². The Labute approximate surface area is 114 Å². The van der Waals surface area contributed by atoms with Crippen molar-refractivity contribution in [3.8, 4) is 11.8 Å². The molecule has 1 N–H and O–H groups in total. The van der Waals surface area contributed by atoms with Gasteiger partial charge < -0.3 is 5.11 Å². The first-order chi connectivity index (χ1) is 9.12. The van der Waals surface area contributed by atoms with Crippen LogP contribution in [-0.2, 0) is 16.6 Å². The maximum absolute atomic E-state index is 11.9. The highest BCUT2D eigenvalue weighted by Crippen LogP contribution is 2.17. The molecule has 1 heterocycles. The highest BCUT2D eigenvalue weighted by atomic mass is 32.2. The van der Waals surface area contributed by atoms with E-state index in [1.54, 1.807) is 0 Å². The van der Waals surface area contributed by atoms with E-state index in [9.17, 15) is 8.42 Å². The number of sulfonamides is 1. The average molecular weight is 279 g/mol. The normalized spacial score (nSPS) is 18.6. The lowest BCUT2D eigenvalue weighted by Gasteiger charge is -2.26. The smallest absolute Gasteiger partial charge is 0.214 e. The van der Waals surface area contributed by atoms with Crippen LogP contribution in [-0.4, -0.2) is 36.7 Å². The Morgan fingerprint density at radius 3 is 2.89 bits per heavy atom. The van der Waals surface area contributed by atoms with Crippen LogP contribution in [0, 0.1) is 11.8 Å². The molecule has 0 atom stereocenters. The molecular formula is C14H17NO3S. The van der Waals surface area contributed by atoms with Crippen LogP contribution in [0.3, 0.4) is 0 Å². The zero-order valence-corrected chi connectivity index (χ0v) is 11.5. The van der Waals surface area contributed by atoms with Crippen LogP contribution in [0.5, 0.6) is 0 Å². The number of nitrogens with zero attached hydrogens (tertiary/aromatic N) is 1. The van der Waals surface area contributed by atoms with E-state index in [0.29, 0.717) is 13.1 Å². The summed E-state index contributed by atoms with van der Waals surface area (Å²) < 4.78 is 25.4. The average Bonchev–Trinajstić information content (AvgIpc) is 2.39. The van der Waals surface area contributed by atoms with Crippen LogP contribution >= 0.6 is 0 Å². The zero-order chi connectivity index (χ0) is 13.7. The van der Waals surface area contributed by atoms with Crippen LogP contribution in [0.4, 0.5) is 0 Å². The Hall–Kier alpha value is -1.35. The van der Waals surface area contributed by atoms with Crippen LogP contribution in [0.1, 0.15) is 24.0 Å². The van der Waals surface area contributed by atoms with Gasteiger partial charge in [0.05, 0.1) is 5.75 Å². The Balaban J connectivity index is 2.14. The van der Waals surface area contributed by atoms with E-state index in [0.717, 1.165) is 24.0 Å². The van der Waals surface area contributed by atoms with E-state index >= 15 is 0 Å². The molecule has 2 rings (SSSR count). The largest absolute Gasteiger partial charge is 0.384 e. The summed E-state index contributed by atoms with van der Waals surface area (Å²) in [6, 6.07) is 7.46. The van der Waals surface area contributed by atoms with Crippen molar-refractivity contribution in [2.24, 2.45) is 0 Å². The number of rotatable bonds is 2. The number of aliphatic hydroxyl groups excluding tert-OH is 1. The van der Waals surface area contributed by atoms with E-state index in [1.165, 1.54) is 4.31 Å². The van der Waals surface area contributed by atoms with Crippen molar-refractivity contribution >= 4 is 10.0 Å². The van der Waals surface area contributed by atoms with Gasteiger partial charge in [-0.2, -0.15) is 4.31 Å². The lowest BCUT2D eigenvalue weighted by Crippen LogP contribution is -2.37. The number of benzene rings is 1. The molecule has 1 aliphatic rings. The molecule has 0 saturated carbocycles. The monoisotopic (exact) mass is 279 g/mol. The molecule has 0 amide bonds. The zero-order valence-electron chi connectivity index (χ0n) is 10.7. The Kier molecular flexibility index (Phi) is 4.59. The molecule has 19 heavy (non-hydrogen) atoms. The first-order valence-electron chi connectivity index (χ1n) is 6.28. The van der Waals surface area contributed by atoms with Gasteiger partial charge in [-0.1, -0.05) is 24.0 Å². The molecule has 1 aromatic carbocycles. The molecule has 0 spiro atoms. The lowest BCUT2D eigenvalue weighted by atomic mass is 10.1. The second-order valence-corrected chi connectivity index (χ2v) is 6.61. The fourth-order valence-corrected chi connectivity index (χ4v) is 3.69. The summed E-state index contributed by atoms with van der Waals surface area (Å²) in [4.78, 5) is 0. The van der Waals surface area contributed by atoms with Gasteiger partial charge in [0.25, 0.3) is 0 Å². The van der Waals surface area contributed by atoms with Gasteiger partial charge >= 0.3 is 0 Å². The summed E-state index contributed by atoms with van der Waals surface area (Å²) >= 11 is 0. The van der Waals surface area contributed by atoms with E-state index in [4.69, 9.17) is 5.11 Å². The van der Waals surface area contributed by atoms with Crippen molar-refractivity contribution in [1.82, 2.24) is 4.31 Å². The predicted octanol–water partition coefficient (Wildman–Crippen LogP) is 0.956. The van der Waals surface area contributed by atoms with Crippen LogP contribution in [0.2, 0.25) is 0 Å². The molecule has 5 heteroatoms. The molecular weight excluding hydrogens is 262 g/mol. The molecule has 1 saturated heterocycles. The van der Waals surface area contributed by atoms with Crippen molar-refractivity contribution in [3.05, 3.63) is 35.4 Å². The molecule has 0 aromatic heterocycles. The molecule has 1 fully saturated rings. The predicted molar refractivity (Wildman–Crippen MR) is 73.8 cm³/mol. The van der Waals surface area contributed by atoms with Crippen molar-refractivity contribution < 1.29 is 13.5 Å². The summed E-state index contributed by atoms with van der Waals surface area (Å²) in [5.74, 6) is 5.66. The second kappa shape index (κ2) is 6.20. The molecule has 1 aliphatic heterocycles. The van der Waals surface area contributed by atoms with Crippen molar-refractivity contribution in [2.45, 2.75) is 19.4 Å². The van der Waals surface area contributed by atoms with E-state index in [-0.39, 0.29) is 12.4 Å². The van der Waals surface area contributed by atoms with Gasteiger partial charge in [0.1, 0.15) is 6.61 Å². The van der Waals surface area contributed by atoms with Crippen molar-refractivity contribution in [2.75, 3.05) is 18.9 Å². The number of hydrogen-bond acceptors (Lipinski definition) is 3. The quantitative estimate of drug-likeness (QED) is 0.820. The maximum atomic E-state index is 11.9. The van der Waals surface area contributed by atoms with Gasteiger partial charge in [-0.05, 0) is 30.5 Å². The molecule has 0 bridgehead atoms. The van der Waals surface area contributed by atoms with Gasteiger partial charge in [0.2, 0.25) is 10.0 Å². The SMILES string of the molecule is O=S1(=O)CCCCN1Cc1cccc(C#CCO)c1. The fraction of sp³-hybridized carbons (Fsp3) is 0.429. The van der Waals surface area contributed by atoms with Gasteiger partial charge in [0.15, 0.2) is 0 Å². The molecule has 1 aromatic rings. The minimum absolute atomic E-state index is 0.176. The van der Waals surface area contributed by atoms with Gasteiger partial charge in [0, 0.05) is 18.7 Å². The van der Waals surface area contributed by atoms with Gasteiger partial charge in [-0.25, -0.2) is 8.42 Å². The third-order valence-corrected chi connectivity index (χ3v) is 4.95. The second-order valence-electron chi connectivity index (χ2n) is 4.52. The van der Waals surface area contributed by atoms with E-state index in [2.05, 4.69) is 11.8 Å². The van der Waals surface area contributed by atoms with E-state index < -0.39 is 10.0 Å². The molecule has 4 nitrogen and oxygen atoms in total. The number of aliphatic hydroxyl groups is 1. The minimum atomic E-state index is -3.09. The Morgan fingerprint density at radius 2 is 2.16 bits per heavy atom. The van der Waals surface area contributed by atoms with Crippen LogP contribution in [0.25, 0.3) is 0 Å². The standard InChI is InChI=1S/C14H17NO3S/c16-9-4-7-13-5-3-6-14(11-13)12-15-8-1-2-10-19(15,17)18/h3,5-6,11,16H,1-2,8-10,12H2. The van der Waals surface area contributed by atoms with Crippen LogP contribution < -0.4 is 0 Å². The first kappa shape index (κ1) is 14.1. The van der Waals surface area contributed by atoms with Crippen molar-refractivity contribution in [1.29, 1.82) is 0 Å². The molecule has 0 unspecified atom stereocenters. The molecule has 0 aliphatic carbocycles. The third kappa shape index (κ3) is 3.80. The highest BCUT2D eigenvalue weighted by Gasteiger charge is 2.25. The summed E-state index contributed by atoms with van der Waals surface area (Å²) in [7, 11) is -3.09. The highest BCUT2D eigenvalue weighted by molar-refractivity contribution is 7.89. The summed E-state index contributed by atoms with van der Waals surface area (Å²) in [6.07, 6.45) is 1.67. The summed E-state index contributed by atoms with van der Waals surface area (Å²) in [6.45, 7) is 0.816. The topological polar surface area (TPSA) is 57.6 Å². The molecule has 0 radical (unpaired) electrons. The van der Waals surface area contributed by atoms with Gasteiger partial charge in [-0.15, -0.1) is 0 Å². The Morgan fingerprint density at radius 1 is 1.32 bits per heavy atom. The fourth-order valence-electron chi connectivity index (χ4n) is 2.11. The summed E-state index contributed by atoms with van der Waals surface area (Å²) in [5.41, 5.74) is 1.72.